The van der Waals surface area contributed by atoms with Crippen molar-refractivity contribution in [3.8, 4) is 0 Å². The fourth-order valence-electron chi connectivity index (χ4n) is 3.70. The maximum absolute atomic E-state index is 14.8. The lowest BCUT2D eigenvalue weighted by molar-refractivity contribution is -0.164. The van der Waals surface area contributed by atoms with Crippen LogP contribution in [0.4, 0.5) is 28.9 Å². The van der Waals surface area contributed by atoms with Crippen molar-refractivity contribution in [2.24, 2.45) is 0 Å². The molecule has 4 rings (SSSR count). The highest BCUT2D eigenvalue weighted by molar-refractivity contribution is 5.79. The summed E-state index contributed by atoms with van der Waals surface area (Å²) in [6.07, 6.45) is -1.23. The average Bonchev–Trinajstić information content (AvgIpc) is 2.68. The van der Waals surface area contributed by atoms with Gasteiger partial charge in [-0.1, -0.05) is 12.1 Å². The molecule has 2 aromatic heterocycles. The van der Waals surface area contributed by atoms with Gasteiger partial charge in [0.05, 0.1) is 5.69 Å². The number of allylic oxidation sites excluding steroid dienone is 2. The zero-order valence-corrected chi connectivity index (χ0v) is 15.1. The predicted octanol–water partition coefficient (Wildman–Crippen LogP) is 4.92. The third-order valence-corrected chi connectivity index (χ3v) is 5.00. The molecule has 0 bridgehead atoms. The van der Waals surface area contributed by atoms with Crippen LogP contribution < -0.4 is 10.9 Å². The first-order valence-electron chi connectivity index (χ1n) is 8.71. The zero-order valence-electron chi connectivity index (χ0n) is 15.1. The molecule has 1 aliphatic rings. The number of aromatic nitrogens is 2. The number of halogens is 4. The molecule has 0 spiro atoms. The van der Waals surface area contributed by atoms with Crippen LogP contribution in [0.5, 0.6) is 0 Å². The van der Waals surface area contributed by atoms with Crippen LogP contribution in [0.2, 0.25) is 0 Å². The van der Waals surface area contributed by atoms with Crippen molar-refractivity contribution in [2.75, 3.05) is 5.32 Å². The molecule has 148 valence electrons. The van der Waals surface area contributed by atoms with Crippen LogP contribution >= 0.6 is 0 Å². The molecule has 3 heterocycles. The predicted molar refractivity (Wildman–Crippen MR) is 101 cm³/mol. The molecule has 0 amide bonds. The quantitative estimate of drug-likeness (QED) is 0.600. The molecule has 0 saturated carbocycles. The summed E-state index contributed by atoms with van der Waals surface area (Å²) in [5.41, 5.74) is -3.69. The van der Waals surface area contributed by atoms with Gasteiger partial charge in [-0.15, -0.1) is 0 Å². The van der Waals surface area contributed by atoms with Gasteiger partial charge in [0.25, 0.3) is 5.56 Å². The number of fused-ring (bicyclic) bond motifs is 2. The van der Waals surface area contributed by atoms with Gasteiger partial charge in [-0.3, -0.25) is 9.78 Å². The summed E-state index contributed by atoms with van der Waals surface area (Å²) in [4.78, 5) is 18.8. The molecular weight excluding hydrogens is 386 g/mol. The Morgan fingerprint density at radius 3 is 2.62 bits per heavy atom. The Labute approximate surface area is 162 Å². The lowest BCUT2D eigenvalue weighted by Crippen LogP contribution is -2.46. The smallest absolute Gasteiger partial charge is 0.350 e. The van der Waals surface area contributed by atoms with E-state index in [1.54, 1.807) is 18.2 Å². The minimum Gasteiger partial charge on any atom is -0.350 e. The van der Waals surface area contributed by atoms with E-state index in [1.807, 2.05) is 0 Å². The fraction of sp³-hybridized carbons (Fsp3) is 0.143. The van der Waals surface area contributed by atoms with Gasteiger partial charge in [0.1, 0.15) is 16.9 Å². The normalized spacial score (nSPS) is 18.6. The van der Waals surface area contributed by atoms with Gasteiger partial charge in [0.2, 0.25) is 0 Å². The van der Waals surface area contributed by atoms with Gasteiger partial charge in [-0.25, -0.2) is 4.39 Å². The molecule has 8 heteroatoms. The minimum atomic E-state index is -4.86. The first-order chi connectivity index (χ1) is 13.7. The standard InChI is InChI=1S/C21H15F4N3O/c1-12(16-4-2-3-8-26-16)11-20(21(23,24)25)14-7-9-27-19(29)18(14)28-17-6-5-13(22)10-15(17)20/h2-11,28H,1H3,(H,27,29)/b12-11+. The number of aromatic amines is 1. The van der Waals surface area contributed by atoms with E-state index in [-0.39, 0.29) is 28.1 Å². The molecule has 0 fully saturated rings. The highest BCUT2D eigenvalue weighted by Gasteiger charge is 2.59. The molecule has 1 unspecified atom stereocenters. The molecule has 1 atom stereocenters. The molecule has 0 aliphatic carbocycles. The summed E-state index contributed by atoms with van der Waals surface area (Å²) in [5.74, 6) is -0.809. The average molecular weight is 401 g/mol. The number of benzene rings is 1. The number of H-pyrrole nitrogens is 1. The second kappa shape index (κ2) is 6.58. The van der Waals surface area contributed by atoms with Gasteiger partial charge in [-0.05, 0) is 48.9 Å². The van der Waals surface area contributed by atoms with Gasteiger partial charge in [0.15, 0.2) is 0 Å². The third-order valence-electron chi connectivity index (χ3n) is 5.00. The van der Waals surface area contributed by atoms with E-state index in [0.29, 0.717) is 5.69 Å². The van der Waals surface area contributed by atoms with E-state index in [4.69, 9.17) is 0 Å². The van der Waals surface area contributed by atoms with Crippen LogP contribution in [0.3, 0.4) is 0 Å². The lowest BCUT2D eigenvalue weighted by Gasteiger charge is -2.40. The Hall–Kier alpha value is -3.42. The van der Waals surface area contributed by atoms with Crippen LogP contribution in [-0.4, -0.2) is 16.1 Å². The molecule has 1 aromatic carbocycles. The molecule has 0 radical (unpaired) electrons. The van der Waals surface area contributed by atoms with Gasteiger partial charge < -0.3 is 10.3 Å². The minimum absolute atomic E-state index is 0.0120. The van der Waals surface area contributed by atoms with Crippen LogP contribution in [0.25, 0.3) is 5.57 Å². The van der Waals surface area contributed by atoms with Gasteiger partial charge in [-0.2, -0.15) is 13.2 Å². The van der Waals surface area contributed by atoms with Crippen molar-refractivity contribution >= 4 is 16.9 Å². The van der Waals surface area contributed by atoms with E-state index < -0.39 is 23.0 Å². The van der Waals surface area contributed by atoms with Crippen molar-refractivity contribution in [1.29, 1.82) is 0 Å². The molecule has 29 heavy (non-hydrogen) atoms. The van der Waals surface area contributed by atoms with Gasteiger partial charge in [0, 0.05) is 29.2 Å². The van der Waals surface area contributed by atoms with E-state index in [1.165, 1.54) is 25.3 Å². The number of hydrogen-bond donors (Lipinski definition) is 2. The first-order valence-corrected chi connectivity index (χ1v) is 8.71. The molecule has 2 N–H and O–H groups in total. The topological polar surface area (TPSA) is 57.8 Å². The van der Waals surface area contributed by atoms with Crippen LogP contribution in [-0.2, 0) is 5.41 Å². The number of rotatable bonds is 2. The Kier molecular flexibility index (Phi) is 4.29. The van der Waals surface area contributed by atoms with Crippen molar-refractivity contribution in [2.45, 2.75) is 18.5 Å². The Balaban J connectivity index is 2.13. The SMILES string of the molecule is C/C(=C\C1(C(F)(F)F)c2cc(F)ccc2Nc2c1cc[nH]c2=O)c1ccccn1. The van der Waals surface area contributed by atoms with Crippen molar-refractivity contribution in [1.82, 2.24) is 9.97 Å². The molecule has 0 saturated heterocycles. The van der Waals surface area contributed by atoms with Crippen LogP contribution in [0, 0.1) is 5.82 Å². The highest BCUT2D eigenvalue weighted by atomic mass is 19.4. The number of nitrogens with one attached hydrogen (secondary N) is 2. The maximum Gasteiger partial charge on any atom is 0.405 e. The third kappa shape index (κ3) is 2.91. The summed E-state index contributed by atoms with van der Waals surface area (Å²) < 4.78 is 58.3. The van der Waals surface area contributed by atoms with E-state index in [2.05, 4.69) is 15.3 Å². The molecular formula is C21H15F4N3O. The molecule has 1 aliphatic heterocycles. The van der Waals surface area contributed by atoms with Crippen molar-refractivity contribution < 1.29 is 17.6 Å². The Bertz CT molecular complexity index is 1170. The number of hydrogen-bond acceptors (Lipinski definition) is 3. The first kappa shape index (κ1) is 18.9. The summed E-state index contributed by atoms with van der Waals surface area (Å²) in [6, 6.07) is 9.18. The zero-order chi connectivity index (χ0) is 20.8. The Morgan fingerprint density at radius 2 is 1.93 bits per heavy atom. The highest BCUT2D eigenvalue weighted by Crippen LogP contribution is 2.55. The summed E-state index contributed by atoms with van der Waals surface area (Å²) in [5, 5.41) is 2.72. The van der Waals surface area contributed by atoms with E-state index in [9.17, 15) is 22.4 Å². The van der Waals surface area contributed by atoms with E-state index in [0.717, 1.165) is 24.4 Å². The Morgan fingerprint density at radius 1 is 1.14 bits per heavy atom. The number of anilines is 2. The van der Waals surface area contributed by atoms with E-state index >= 15 is 0 Å². The number of alkyl halides is 3. The summed E-state index contributed by atoms with van der Waals surface area (Å²) >= 11 is 0. The fourth-order valence-corrected chi connectivity index (χ4v) is 3.70. The summed E-state index contributed by atoms with van der Waals surface area (Å²) in [6.45, 7) is 1.50. The number of pyridine rings is 2. The van der Waals surface area contributed by atoms with Crippen molar-refractivity contribution in [3.05, 3.63) is 93.9 Å². The second-order valence-corrected chi connectivity index (χ2v) is 6.76. The lowest BCUT2D eigenvalue weighted by atomic mass is 9.69. The number of nitrogens with zero attached hydrogens (tertiary/aromatic N) is 1. The van der Waals surface area contributed by atoms with Crippen LogP contribution in [0.15, 0.2) is 65.7 Å². The maximum atomic E-state index is 14.8. The summed E-state index contributed by atoms with van der Waals surface area (Å²) in [7, 11) is 0. The molecule has 3 aromatic rings. The second-order valence-electron chi connectivity index (χ2n) is 6.76. The van der Waals surface area contributed by atoms with Crippen LogP contribution in [0.1, 0.15) is 23.7 Å². The monoisotopic (exact) mass is 401 g/mol. The van der Waals surface area contributed by atoms with Crippen molar-refractivity contribution in [3.63, 3.8) is 0 Å². The largest absolute Gasteiger partial charge is 0.405 e. The van der Waals surface area contributed by atoms with Gasteiger partial charge >= 0.3 is 6.18 Å². The molecule has 4 nitrogen and oxygen atoms in total.